The second kappa shape index (κ2) is 6.53. The zero-order valence-electron chi connectivity index (χ0n) is 11.2. The first kappa shape index (κ1) is 15.9. The van der Waals surface area contributed by atoms with Crippen molar-refractivity contribution in [1.82, 2.24) is 10.3 Å². The lowest BCUT2D eigenvalue weighted by Crippen LogP contribution is -2.23. The summed E-state index contributed by atoms with van der Waals surface area (Å²) in [5, 5.41) is 3.17. The monoisotopic (exact) mass is 318 g/mol. The summed E-state index contributed by atoms with van der Waals surface area (Å²) in [6.45, 7) is 2.60. The van der Waals surface area contributed by atoms with Gasteiger partial charge in [0.25, 0.3) is 0 Å². The molecule has 1 aromatic carbocycles. The van der Waals surface area contributed by atoms with E-state index in [0.29, 0.717) is 12.1 Å². The third-order valence-electron chi connectivity index (χ3n) is 2.96. The van der Waals surface area contributed by atoms with Crippen LogP contribution in [-0.4, -0.2) is 11.5 Å². The Morgan fingerprint density at radius 3 is 2.67 bits per heavy atom. The maximum absolute atomic E-state index is 13.4. The Morgan fingerprint density at radius 2 is 2.10 bits per heavy atom. The molecule has 2 rings (SSSR count). The standard InChI is InChI=1S/C14H14F4N2S/c1-2-5-20-13(12-7-19-8-21-12)9-3-4-11(15)10(6-9)14(16,17)18/h3-4,6-8,13,20H,2,5H2,1H3. The summed E-state index contributed by atoms with van der Waals surface area (Å²) < 4.78 is 51.8. The van der Waals surface area contributed by atoms with E-state index in [1.807, 2.05) is 6.92 Å². The molecular weight excluding hydrogens is 304 g/mol. The van der Waals surface area contributed by atoms with E-state index in [1.54, 1.807) is 11.7 Å². The zero-order chi connectivity index (χ0) is 15.5. The minimum Gasteiger partial charge on any atom is -0.306 e. The number of benzene rings is 1. The van der Waals surface area contributed by atoms with Crippen LogP contribution in [0.2, 0.25) is 0 Å². The number of hydrogen-bond donors (Lipinski definition) is 1. The Kier molecular flexibility index (Phi) is 4.95. The van der Waals surface area contributed by atoms with E-state index in [4.69, 9.17) is 0 Å². The van der Waals surface area contributed by atoms with Gasteiger partial charge < -0.3 is 5.32 Å². The largest absolute Gasteiger partial charge is 0.419 e. The maximum atomic E-state index is 13.4. The minimum absolute atomic E-state index is 0.376. The van der Waals surface area contributed by atoms with Gasteiger partial charge in [0.05, 0.1) is 17.1 Å². The van der Waals surface area contributed by atoms with Crippen LogP contribution in [0.4, 0.5) is 17.6 Å². The van der Waals surface area contributed by atoms with Crippen molar-refractivity contribution in [3.63, 3.8) is 0 Å². The zero-order valence-corrected chi connectivity index (χ0v) is 12.1. The Bertz CT molecular complexity index is 581. The molecule has 1 atom stereocenters. The number of nitrogens with one attached hydrogen (secondary N) is 1. The van der Waals surface area contributed by atoms with Crippen molar-refractivity contribution in [1.29, 1.82) is 0 Å². The van der Waals surface area contributed by atoms with Gasteiger partial charge in [-0.2, -0.15) is 13.2 Å². The highest BCUT2D eigenvalue weighted by atomic mass is 32.1. The lowest BCUT2D eigenvalue weighted by Gasteiger charge is -2.19. The van der Waals surface area contributed by atoms with Gasteiger partial charge in [-0.15, -0.1) is 11.3 Å². The normalized spacial score (nSPS) is 13.4. The molecule has 1 unspecified atom stereocenters. The van der Waals surface area contributed by atoms with E-state index in [9.17, 15) is 17.6 Å². The molecule has 0 fully saturated rings. The highest BCUT2D eigenvalue weighted by Gasteiger charge is 2.34. The summed E-state index contributed by atoms with van der Waals surface area (Å²) in [6.07, 6.45) is -2.26. The van der Waals surface area contributed by atoms with Crippen molar-refractivity contribution in [2.75, 3.05) is 6.54 Å². The van der Waals surface area contributed by atoms with Crippen molar-refractivity contribution < 1.29 is 17.6 Å². The van der Waals surface area contributed by atoms with Crippen molar-refractivity contribution >= 4 is 11.3 Å². The molecule has 0 bridgehead atoms. The molecule has 1 aromatic heterocycles. The lowest BCUT2D eigenvalue weighted by atomic mass is 10.0. The van der Waals surface area contributed by atoms with Gasteiger partial charge in [0.1, 0.15) is 5.82 Å². The molecule has 0 aliphatic carbocycles. The number of nitrogens with zero attached hydrogens (tertiary/aromatic N) is 1. The van der Waals surface area contributed by atoms with Crippen LogP contribution >= 0.6 is 11.3 Å². The first-order valence-electron chi connectivity index (χ1n) is 6.42. The van der Waals surface area contributed by atoms with E-state index in [1.165, 1.54) is 17.4 Å². The average Bonchev–Trinajstić information content (AvgIpc) is 2.93. The molecule has 0 radical (unpaired) electrons. The molecule has 114 valence electrons. The Hall–Kier alpha value is -1.47. The molecule has 1 heterocycles. The first-order chi connectivity index (χ1) is 9.93. The lowest BCUT2D eigenvalue weighted by molar-refractivity contribution is -0.140. The van der Waals surface area contributed by atoms with E-state index in [2.05, 4.69) is 10.3 Å². The van der Waals surface area contributed by atoms with Crippen molar-refractivity contribution in [3.05, 3.63) is 51.7 Å². The van der Waals surface area contributed by atoms with Gasteiger partial charge in [-0.05, 0) is 30.7 Å². The summed E-state index contributed by atoms with van der Waals surface area (Å²) >= 11 is 1.35. The quantitative estimate of drug-likeness (QED) is 0.827. The predicted molar refractivity (Wildman–Crippen MR) is 73.7 cm³/mol. The Labute approximate surface area is 123 Å². The van der Waals surface area contributed by atoms with E-state index >= 15 is 0 Å². The van der Waals surface area contributed by atoms with Crippen LogP contribution in [0, 0.1) is 5.82 Å². The van der Waals surface area contributed by atoms with Gasteiger partial charge in [-0.25, -0.2) is 4.39 Å². The summed E-state index contributed by atoms with van der Waals surface area (Å²) in [5.74, 6) is -1.26. The fourth-order valence-electron chi connectivity index (χ4n) is 1.98. The van der Waals surface area contributed by atoms with Gasteiger partial charge in [0.2, 0.25) is 0 Å². The number of halogens is 4. The van der Waals surface area contributed by atoms with Crippen LogP contribution in [0.1, 0.15) is 35.4 Å². The summed E-state index contributed by atoms with van der Waals surface area (Å²) in [4.78, 5) is 4.74. The molecule has 0 aliphatic heterocycles. The van der Waals surface area contributed by atoms with Crippen LogP contribution in [0.15, 0.2) is 29.9 Å². The highest BCUT2D eigenvalue weighted by molar-refractivity contribution is 7.09. The average molecular weight is 318 g/mol. The summed E-state index contributed by atoms with van der Waals surface area (Å²) in [6, 6.07) is 2.68. The molecule has 2 nitrogen and oxygen atoms in total. The van der Waals surface area contributed by atoms with Crippen molar-refractivity contribution in [2.24, 2.45) is 0 Å². The van der Waals surface area contributed by atoms with Gasteiger partial charge in [0.15, 0.2) is 0 Å². The van der Waals surface area contributed by atoms with Crippen LogP contribution < -0.4 is 5.32 Å². The van der Waals surface area contributed by atoms with Crippen molar-refractivity contribution in [3.8, 4) is 0 Å². The summed E-state index contributed by atoms with van der Waals surface area (Å²) in [7, 11) is 0. The van der Waals surface area contributed by atoms with Crippen molar-refractivity contribution in [2.45, 2.75) is 25.6 Å². The number of aromatic nitrogens is 1. The molecule has 21 heavy (non-hydrogen) atoms. The molecule has 0 saturated carbocycles. The third-order valence-corrected chi connectivity index (χ3v) is 3.80. The Morgan fingerprint density at radius 1 is 1.33 bits per heavy atom. The molecular formula is C14H14F4N2S. The highest BCUT2D eigenvalue weighted by Crippen LogP contribution is 2.34. The third kappa shape index (κ3) is 3.79. The van der Waals surface area contributed by atoms with Gasteiger partial charge in [-0.1, -0.05) is 13.0 Å². The molecule has 2 aromatic rings. The first-order valence-corrected chi connectivity index (χ1v) is 7.30. The summed E-state index contributed by atoms with van der Waals surface area (Å²) in [5.41, 5.74) is 0.749. The molecule has 7 heteroatoms. The molecule has 0 amide bonds. The van der Waals surface area contributed by atoms with Crippen LogP contribution in [-0.2, 0) is 6.18 Å². The number of alkyl halides is 3. The molecule has 1 N–H and O–H groups in total. The molecule has 0 aliphatic rings. The predicted octanol–water partition coefficient (Wildman–Crippen LogP) is 4.39. The second-order valence-electron chi connectivity index (χ2n) is 4.53. The Balaban J connectivity index is 2.41. The second-order valence-corrected chi connectivity index (χ2v) is 5.45. The topological polar surface area (TPSA) is 24.9 Å². The van der Waals surface area contributed by atoms with Crippen LogP contribution in [0.25, 0.3) is 0 Å². The molecule has 0 spiro atoms. The fourth-order valence-corrected chi connectivity index (χ4v) is 2.70. The van der Waals surface area contributed by atoms with Gasteiger partial charge in [-0.3, -0.25) is 4.98 Å². The number of hydrogen-bond acceptors (Lipinski definition) is 3. The van der Waals surface area contributed by atoms with E-state index in [0.717, 1.165) is 23.4 Å². The van der Waals surface area contributed by atoms with Gasteiger partial charge in [0, 0.05) is 11.1 Å². The maximum Gasteiger partial charge on any atom is 0.419 e. The number of rotatable bonds is 5. The van der Waals surface area contributed by atoms with Crippen LogP contribution in [0.5, 0.6) is 0 Å². The smallest absolute Gasteiger partial charge is 0.306 e. The van der Waals surface area contributed by atoms with Crippen LogP contribution in [0.3, 0.4) is 0 Å². The minimum atomic E-state index is -4.71. The SMILES string of the molecule is CCCNC(c1ccc(F)c(C(F)(F)F)c1)c1cncs1. The van der Waals surface area contributed by atoms with E-state index in [-0.39, 0.29) is 0 Å². The van der Waals surface area contributed by atoms with Gasteiger partial charge >= 0.3 is 6.18 Å². The fraction of sp³-hybridized carbons (Fsp3) is 0.357. The molecule has 0 saturated heterocycles. The van der Waals surface area contributed by atoms with E-state index < -0.39 is 23.6 Å². The number of thiazole rings is 1.